The second-order valence-electron chi connectivity index (χ2n) is 8.37. The van der Waals surface area contributed by atoms with Crippen molar-refractivity contribution < 1.29 is 22.8 Å². The molecule has 34 heavy (non-hydrogen) atoms. The predicted octanol–water partition coefficient (Wildman–Crippen LogP) is 3.19. The standard InChI is InChI=1S/C24H26N4O5S/c1-27-14-4-2-3-11-21(27)26-34(32,33)20-10-6-8-18(16-20)25-24(31)17-7-5-9-19(15-17)28-22(29)12-13-23(28)30/h5-10,15-16H,2-4,11-14H2,1H3,(H,25,31)/b26-21+. The van der Waals surface area contributed by atoms with E-state index in [0.29, 0.717) is 23.6 Å². The van der Waals surface area contributed by atoms with Crippen molar-refractivity contribution in [1.29, 1.82) is 0 Å². The van der Waals surface area contributed by atoms with Crippen molar-refractivity contribution in [1.82, 2.24) is 4.90 Å². The third-order valence-corrected chi connectivity index (χ3v) is 7.17. The van der Waals surface area contributed by atoms with Gasteiger partial charge in [0.05, 0.1) is 10.6 Å². The molecule has 0 spiro atoms. The minimum absolute atomic E-state index is 0.0162. The molecule has 2 aromatic carbocycles. The second-order valence-corrected chi connectivity index (χ2v) is 9.97. The number of carbonyl (C=O) groups is 3. The van der Waals surface area contributed by atoms with Gasteiger partial charge in [-0.1, -0.05) is 18.6 Å². The average Bonchev–Trinajstić information content (AvgIpc) is 3.02. The van der Waals surface area contributed by atoms with Crippen molar-refractivity contribution >= 4 is 45.0 Å². The number of nitrogens with zero attached hydrogens (tertiary/aromatic N) is 3. The van der Waals surface area contributed by atoms with Gasteiger partial charge >= 0.3 is 0 Å². The van der Waals surface area contributed by atoms with Crippen molar-refractivity contribution in [3.8, 4) is 0 Å². The fourth-order valence-corrected chi connectivity index (χ4v) is 5.16. The van der Waals surface area contributed by atoms with Crippen LogP contribution in [0.25, 0.3) is 0 Å². The zero-order valence-electron chi connectivity index (χ0n) is 18.9. The van der Waals surface area contributed by atoms with Crippen molar-refractivity contribution in [3.63, 3.8) is 0 Å². The Kier molecular flexibility index (Phi) is 6.78. The molecule has 2 aliphatic rings. The first-order valence-electron chi connectivity index (χ1n) is 11.2. The van der Waals surface area contributed by atoms with Crippen LogP contribution in [0, 0.1) is 0 Å². The summed E-state index contributed by atoms with van der Waals surface area (Å²) >= 11 is 0. The Balaban J connectivity index is 1.54. The number of amides is 3. The summed E-state index contributed by atoms with van der Waals surface area (Å²) in [5, 5.41) is 2.68. The smallest absolute Gasteiger partial charge is 0.284 e. The fraction of sp³-hybridized carbons (Fsp3) is 0.333. The molecule has 9 nitrogen and oxygen atoms in total. The summed E-state index contributed by atoms with van der Waals surface area (Å²) in [7, 11) is -2.11. The van der Waals surface area contributed by atoms with Gasteiger partial charge < -0.3 is 10.2 Å². The highest BCUT2D eigenvalue weighted by Gasteiger charge is 2.30. The summed E-state index contributed by atoms with van der Waals surface area (Å²) in [6, 6.07) is 12.1. The molecular formula is C24H26N4O5S. The lowest BCUT2D eigenvalue weighted by atomic mass is 10.1. The van der Waals surface area contributed by atoms with Gasteiger partial charge in [0.15, 0.2) is 0 Å². The quantitative estimate of drug-likeness (QED) is 0.655. The number of amidine groups is 1. The molecule has 0 radical (unpaired) electrons. The Labute approximate surface area is 198 Å². The number of sulfonamides is 1. The summed E-state index contributed by atoms with van der Waals surface area (Å²) in [6.45, 7) is 0.762. The number of benzene rings is 2. The van der Waals surface area contributed by atoms with Gasteiger partial charge in [-0.05, 0) is 49.2 Å². The Morgan fingerprint density at radius 1 is 0.941 bits per heavy atom. The van der Waals surface area contributed by atoms with E-state index in [1.807, 2.05) is 11.9 Å². The Morgan fingerprint density at radius 2 is 1.68 bits per heavy atom. The lowest BCUT2D eigenvalue weighted by Gasteiger charge is -2.17. The maximum absolute atomic E-state index is 12.9. The van der Waals surface area contributed by atoms with Crippen LogP contribution in [-0.2, 0) is 19.6 Å². The van der Waals surface area contributed by atoms with E-state index in [1.165, 1.54) is 24.3 Å². The van der Waals surface area contributed by atoms with E-state index in [0.717, 1.165) is 30.7 Å². The molecule has 2 fully saturated rings. The van der Waals surface area contributed by atoms with Crippen LogP contribution in [0.3, 0.4) is 0 Å². The molecule has 10 heteroatoms. The molecule has 0 aliphatic carbocycles. The minimum atomic E-state index is -3.95. The van der Waals surface area contributed by atoms with Crippen LogP contribution in [0.15, 0.2) is 57.8 Å². The lowest BCUT2D eigenvalue weighted by molar-refractivity contribution is -0.121. The molecule has 0 unspecified atom stereocenters. The van der Waals surface area contributed by atoms with Crippen molar-refractivity contribution in [3.05, 3.63) is 54.1 Å². The Morgan fingerprint density at radius 3 is 2.44 bits per heavy atom. The summed E-state index contributed by atoms with van der Waals surface area (Å²) in [5.41, 5.74) is 0.859. The zero-order valence-corrected chi connectivity index (χ0v) is 19.7. The number of nitrogens with one attached hydrogen (secondary N) is 1. The van der Waals surface area contributed by atoms with Crippen LogP contribution in [-0.4, -0.2) is 50.5 Å². The molecule has 0 bridgehead atoms. The number of hydrogen-bond acceptors (Lipinski definition) is 5. The van der Waals surface area contributed by atoms with E-state index in [1.54, 1.807) is 24.3 Å². The number of anilines is 2. The predicted molar refractivity (Wildman–Crippen MR) is 128 cm³/mol. The van der Waals surface area contributed by atoms with Crippen molar-refractivity contribution in [2.24, 2.45) is 4.40 Å². The van der Waals surface area contributed by atoms with E-state index >= 15 is 0 Å². The minimum Gasteiger partial charge on any atom is -0.362 e. The summed E-state index contributed by atoms with van der Waals surface area (Å²) in [6.07, 6.45) is 3.82. The molecule has 3 amide bonds. The van der Waals surface area contributed by atoms with Crippen LogP contribution in [0.5, 0.6) is 0 Å². The van der Waals surface area contributed by atoms with Crippen LogP contribution in [0.4, 0.5) is 11.4 Å². The maximum Gasteiger partial charge on any atom is 0.284 e. The highest BCUT2D eigenvalue weighted by molar-refractivity contribution is 7.90. The highest BCUT2D eigenvalue weighted by atomic mass is 32.2. The SMILES string of the molecule is CN1CCCCC/C1=N\S(=O)(=O)c1cccc(NC(=O)c2cccc(N3C(=O)CCC3=O)c2)c1. The first-order chi connectivity index (χ1) is 16.2. The summed E-state index contributed by atoms with van der Waals surface area (Å²) in [5.74, 6) is -0.567. The van der Waals surface area contributed by atoms with E-state index in [9.17, 15) is 22.8 Å². The molecule has 178 valence electrons. The second kappa shape index (κ2) is 9.76. The molecule has 2 heterocycles. The van der Waals surface area contributed by atoms with Gasteiger partial charge in [-0.15, -0.1) is 4.40 Å². The molecule has 0 aromatic heterocycles. The molecule has 2 saturated heterocycles. The van der Waals surface area contributed by atoms with E-state index in [4.69, 9.17) is 0 Å². The number of rotatable bonds is 5. The fourth-order valence-electron chi connectivity index (χ4n) is 4.02. The molecule has 0 saturated carbocycles. The third kappa shape index (κ3) is 5.17. The molecule has 0 atom stereocenters. The number of carbonyl (C=O) groups excluding carboxylic acids is 3. The van der Waals surface area contributed by atoms with Crippen molar-refractivity contribution in [2.75, 3.05) is 23.8 Å². The maximum atomic E-state index is 12.9. The molecular weight excluding hydrogens is 456 g/mol. The topological polar surface area (TPSA) is 116 Å². The van der Waals surface area contributed by atoms with E-state index in [2.05, 4.69) is 9.71 Å². The van der Waals surface area contributed by atoms with Crippen molar-refractivity contribution in [2.45, 2.75) is 43.4 Å². The first kappa shape index (κ1) is 23.6. The molecule has 2 aliphatic heterocycles. The van der Waals surface area contributed by atoms with E-state index < -0.39 is 15.9 Å². The number of likely N-dealkylation sites (tertiary alicyclic amines) is 1. The van der Waals surface area contributed by atoms with Crippen LogP contribution in [0.2, 0.25) is 0 Å². The van der Waals surface area contributed by atoms with Gasteiger partial charge in [-0.2, -0.15) is 8.42 Å². The Hall–Kier alpha value is -3.53. The van der Waals surface area contributed by atoms with Gasteiger partial charge in [-0.3, -0.25) is 19.3 Å². The lowest BCUT2D eigenvalue weighted by Crippen LogP contribution is -2.28. The van der Waals surface area contributed by atoms with Gasteiger partial charge in [-0.25, -0.2) is 0 Å². The third-order valence-electron chi connectivity index (χ3n) is 5.87. The van der Waals surface area contributed by atoms with Gasteiger partial charge in [0.25, 0.3) is 15.9 Å². The molecule has 2 aromatic rings. The number of imide groups is 1. The first-order valence-corrected chi connectivity index (χ1v) is 12.6. The molecule has 4 rings (SSSR count). The average molecular weight is 483 g/mol. The van der Waals surface area contributed by atoms with Gasteiger partial charge in [0, 0.05) is 44.1 Å². The zero-order chi connectivity index (χ0) is 24.3. The summed E-state index contributed by atoms with van der Waals surface area (Å²) in [4.78, 5) is 39.8. The largest absolute Gasteiger partial charge is 0.362 e. The van der Waals surface area contributed by atoms with E-state index in [-0.39, 0.29) is 35.1 Å². The number of hydrogen-bond donors (Lipinski definition) is 1. The molecule has 1 N–H and O–H groups in total. The van der Waals surface area contributed by atoms with Crippen LogP contribution >= 0.6 is 0 Å². The Bertz CT molecular complexity index is 1260. The van der Waals surface area contributed by atoms with Gasteiger partial charge in [0.2, 0.25) is 11.8 Å². The highest BCUT2D eigenvalue weighted by Crippen LogP contribution is 2.25. The summed E-state index contributed by atoms with van der Waals surface area (Å²) < 4.78 is 29.9. The monoisotopic (exact) mass is 482 g/mol. The van der Waals surface area contributed by atoms with Crippen LogP contribution in [0.1, 0.15) is 48.9 Å². The normalized spacial score (nSPS) is 18.3. The van der Waals surface area contributed by atoms with Gasteiger partial charge in [0.1, 0.15) is 5.84 Å². The van der Waals surface area contributed by atoms with Crippen LogP contribution < -0.4 is 10.2 Å².